The van der Waals surface area contributed by atoms with Gasteiger partial charge in [-0.05, 0) is 44.9 Å². The third-order valence-corrected chi connectivity index (χ3v) is 2.81. The van der Waals surface area contributed by atoms with Crippen molar-refractivity contribution in [2.45, 2.75) is 39.7 Å². The van der Waals surface area contributed by atoms with Crippen molar-refractivity contribution < 1.29 is 13.9 Å². The molecule has 1 aromatic carbocycles. The highest BCUT2D eigenvalue weighted by atomic mass is 16.6. The molecule has 0 radical (unpaired) electrons. The first-order chi connectivity index (χ1) is 10.3. The minimum absolute atomic E-state index is 0.389. The first-order valence-corrected chi connectivity index (χ1v) is 7.34. The minimum Gasteiger partial charge on any atom is -0.444 e. The minimum atomic E-state index is -0.468. The molecule has 2 rings (SSSR count). The van der Waals surface area contributed by atoms with Crippen LogP contribution in [0.25, 0.3) is 17.2 Å². The Bertz CT molecular complexity index is 681. The molecule has 0 aliphatic heterocycles. The van der Waals surface area contributed by atoms with Gasteiger partial charge in [-0.3, -0.25) is 0 Å². The van der Waals surface area contributed by atoms with Crippen LogP contribution in [-0.2, 0) is 4.74 Å². The van der Waals surface area contributed by atoms with Gasteiger partial charge in [0.05, 0.1) is 0 Å². The van der Waals surface area contributed by atoms with E-state index >= 15 is 0 Å². The van der Waals surface area contributed by atoms with Crippen LogP contribution in [0.5, 0.6) is 0 Å². The van der Waals surface area contributed by atoms with Crippen molar-refractivity contribution in [3.8, 4) is 0 Å². The topological polar surface area (TPSA) is 64.4 Å². The summed E-state index contributed by atoms with van der Waals surface area (Å²) in [7, 11) is 0. The van der Waals surface area contributed by atoms with E-state index in [9.17, 15) is 4.79 Å². The van der Waals surface area contributed by atoms with E-state index < -0.39 is 5.60 Å². The number of rotatable bonds is 4. The molecule has 1 heterocycles. The van der Waals surface area contributed by atoms with E-state index in [0.717, 1.165) is 23.1 Å². The van der Waals surface area contributed by atoms with Crippen molar-refractivity contribution in [2.24, 2.45) is 0 Å². The fourth-order valence-electron chi connectivity index (χ4n) is 1.95. The second kappa shape index (κ2) is 6.64. The van der Waals surface area contributed by atoms with E-state index in [0.29, 0.717) is 12.4 Å². The van der Waals surface area contributed by atoms with Crippen molar-refractivity contribution in [2.75, 3.05) is 6.54 Å². The molecule has 0 aliphatic rings. The molecule has 2 aromatic rings. The van der Waals surface area contributed by atoms with Gasteiger partial charge in [-0.1, -0.05) is 18.2 Å². The molecule has 0 spiro atoms. The predicted molar refractivity (Wildman–Crippen MR) is 86.6 cm³/mol. The Kier molecular flexibility index (Phi) is 4.85. The summed E-state index contributed by atoms with van der Waals surface area (Å²) in [5.41, 5.74) is 2.22. The van der Waals surface area contributed by atoms with E-state index in [1.165, 1.54) is 0 Å². The van der Waals surface area contributed by atoms with Crippen molar-refractivity contribution in [1.29, 1.82) is 0 Å². The molecule has 0 fully saturated rings. The number of amides is 1. The zero-order valence-corrected chi connectivity index (χ0v) is 13.5. The van der Waals surface area contributed by atoms with Crippen molar-refractivity contribution in [3.63, 3.8) is 0 Å². The van der Waals surface area contributed by atoms with Crippen LogP contribution in [0.4, 0.5) is 4.79 Å². The fourth-order valence-corrected chi connectivity index (χ4v) is 1.95. The Labute approximate surface area is 130 Å². The maximum atomic E-state index is 11.5. The average molecular weight is 302 g/mol. The van der Waals surface area contributed by atoms with Gasteiger partial charge in [0.2, 0.25) is 0 Å². The van der Waals surface area contributed by atoms with Gasteiger partial charge >= 0.3 is 6.09 Å². The number of nitrogens with zero attached hydrogens (tertiary/aromatic N) is 1. The normalized spacial score (nSPS) is 12.0. The lowest BCUT2D eigenvalue weighted by Gasteiger charge is -2.19. The lowest BCUT2D eigenvalue weighted by Crippen LogP contribution is -2.32. The van der Waals surface area contributed by atoms with E-state index in [1.54, 1.807) is 0 Å². The first-order valence-electron chi connectivity index (χ1n) is 7.34. The van der Waals surface area contributed by atoms with Crippen LogP contribution >= 0.6 is 0 Å². The van der Waals surface area contributed by atoms with Gasteiger partial charge in [0.1, 0.15) is 11.1 Å². The van der Waals surface area contributed by atoms with Gasteiger partial charge in [0, 0.05) is 13.5 Å². The summed E-state index contributed by atoms with van der Waals surface area (Å²) in [6.45, 7) is 7.89. The number of aromatic nitrogens is 1. The number of benzene rings is 1. The maximum Gasteiger partial charge on any atom is 0.407 e. The number of ether oxygens (including phenoxy) is 1. The van der Waals surface area contributed by atoms with Gasteiger partial charge in [0.25, 0.3) is 0 Å². The molecule has 0 unspecified atom stereocenters. The molecule has 1 N–H and O–H groups in total. The smallest absolute Gasteiger partial charge is 0.407 e. The van der Waals surface area contributed by atoms with E-state index in [-0.39, 0.29) is 6.09 Å². The van der Waals surface area contributed by atoms with Crippen LogP contribution in [0.15, 0.2) is 28.7 Å². The largest absolute Gasteiger partial charge is 0.444 e. The monoisotopic (exact) mass is 302 g/mol. The van der Waals surface area contributed by atoms with Crippen LogP contribution in [0.3, 0.4) is 0 Å². The Morgan fingerprint density at radius 1 is 1.41 bits per heavy atom. The SMILES string of the molecule is Cc1nc2ccc(C=CCCNC(=O)OC(C)(C)C)cc2o1. The molecule has 1 aromatic heterocycles. The first kappa shape index (κ1) is 16.1. The quantitative estimate of drug-likeness (QED) is 0.865. The highest BCUT2D eigenvalue weighted by molar-refractivity contribution is 5.76. The number of hydrogen-bond donors (Lipinski definition) is 1. The van der Waals surface area contributed by atoms with Gasteiger partial charge in [0.15, 0.2) is 11.5 Å². The van der Waals surface area contributed by atoms with Crippen molar-refractivity contribution >= 4 is 23.3 Å². The van der Waals surface area contributed by atoms with Gasteiger partial charge in [-0.15, -0.1) is 0 Å². The number of fused-ring (bicyclic) bond motifs is 1. The lowest BCUT2D eigenvalue weighted by atomic mass is 10.2. The molecule has 118 valence electrons. The van der Waals surface area contributed by atoms with Crippen LogP contribution in [0, 0.1) is 6.92 Å². The summed E-state index contributed by atoms with van der Waals surface area (Å²) in [4.78, 5) is 15.7. The zero-order chi connectivity index (χ0) is 16.2. The predicted octanol–water partition coefficient (Wildman–Crippen LogP) is 4.06. The Morgan fingerprint density at radius 3 is 2.91 bits per heavy atom. The molecule has 5 nitrogen and oxygen atoms in total. The summed E-state index contributed by atoms with van der Waals surface area (Å²) in [6.07, 6.45) is 4.34. The Hall–Kier alpha value is -2.30. The second-order valence-corrected chi connectivity index (χ2v) is 6.08. The van der Waals surface area contributed by atoms with Crippen molar-refractivity contribution in [1.82, 2.24) is 10.3 Å². The number of alkyl carbamates (subject to hydrolysis) is 1. The van der Waals surface area contributed by atoms with E-state index in [1.807, 2.05) is 58.0 Å². The molecule has 22 heavy (non-hydrogen) atoms. The maximum absolute atomic E-state index is 11.5. The zero-order valence-electron chi connectivity index (χ0n) is 13.5. The van der Waals surface area contributed by atoms with E-state index in [2.05, 4.69) is 10.3 Å². The number of oxazole rings is 1. The lowest BCUT2D eigenvalue weighted by molar-refractivity contribution is 0.0529. The summed E-state index contributed by atoms with van der Waals surface area (Å²) in [5.74, 6) is 0.665. The fraction of sp³-hybridized carbons (Fsp3) is 0.412. The molecule has 0 bridgehead atoms. The number of carbonyl (C=O) groups is 1. The molecule has 0 saturated heterocycles. The Morgan fingerprint density at radius 2 is 2.18 bits per heavy atom. The highest BCUT2D eigenvalue weighted by Gasteiger charge is 2.15. The van der Waals surface area contributed by atoms with Gasteiger partial charge in [-0.25, -0.2) is 9.78 Å². The number of hydrogen-bond acceptors (Lipinski definition) is 4. The number of carbonyl (C=O) groups excluding carboxylic acids is 1. The number of aryl methyl sites for hydroxylation is 1. The Balaban J connectivity index is 1.80. The van der Waals surface area contributed by atoms with Crippen LogP contribution < -0.4 is 5.32 Å². The van der Waals surface area contributed by atoms with Crippen molar-refractivity contribution in [3.05, 3.63) is 35.7 Å². The van der Waals surface area contributed by atoms with Crippen LogP contribution in [-0.4, -0.2) is 23.2 Å². The molecule has 0 saturated carbocycles. The highest BCUT2D eigenvalue weighted by Crippen LogP contribution is 2.17. The number of nitrogens with one attached hydrogen (secondary N) is 1. The molecule has 1 amide bonds. The molecular formula is C17H22N2O3. The van der Waals surface area contributed by atoms with Crippen LogP contribution in [0.2, 0.25) is 0 Å². The second-order valence-electron chi connectivity index (χ2n) is 6.08. The molecule has 0 aliphatic carbocycles. The van der Waals surface area contributed by atoms with Gasteiger partial charge in [-0.2, -0.15) is 0 Å². The molecule has 0 atom stereocenters. The standard InChI is InChI=1S/C17H22N2O3/c1-12-19-14-9-8-13(11-15(14)21-12)7-5-6-10-18-16(20)22-17(2,3)4/h5,7-9,11H,6,10H2,1-4H3,(H,18,20). The summed E-state index contributed by atoms with van der Waals surface area (Å²) < 4.78 is 10.7. The molecule has 5 heteroatoms. The third-order valence-electron chi connectivity index (χ3n) is 2.81. The average Bonchev–Trinajstić information content (AvgIpc) is 2.75. The summed E-state index contributed by atoms with van der Waals surface area (Å²) in [5, 5.41) is 2.72. The van der Waals surface area contributed by atoms with E-state index in [4.69, 9.17) is 9.15 Å². The van der Waals surface area contributed by atoms with Gasteiger partial charge < -0.3 is 14.5 Å². The van der Waals surface area contributed by atoms with Crippen LogP contribution in [0.1, 0.15) is 38.6 Å². The summed E-state index contributed by atoms with van der Waals surface area (Å²) in [6, 6.07) is 5.87. The summed E-state index contributed by atoms with van der Waals surface area (Å²) >= 11 is 0. The third kappa shape index (κ3) is 4.91. The molecular weight excluding hydrogens is 280 g/mol.